The highest BCUT2D eigenvalue weighted by molar-refractivity contribution is 7.19. The van der Waals surface area contributed by atoms with Crippen molar-refractivity contribution in [1.82, 2.24) is 19.5 Å². The van der Waals surface area contributed by atoms with Crippen molar-refractivity contribution in [2.75, 3.05) is 12.4 Å². The lowest BCUT2D eigenvalue weighted by Gasteiger charge is -2.21. The zero-order chi connectivity index (χ0) is 21.7. The number of thiophene rings is 1. The van der Waals surface area contributed by atoms with Crippen LogP contribution in [0.2, 0.25) is 0 Å². The van der Waals surface area contributed by atoms with E-state index < -0.39 is 0 Å². The molecule has 0 spiro atoms. The zero-order valence-electron chi connectivity index (χ0n) is 18.5. The highest BCUT2D eigenvalue weighted by atomic mass is 32.1. The molecule has 32 heavy (non-hydrogen) atoms. The Labute approximate surface area is 191 Å². The number of anilines is 1. The number of methoxy groups -OCH3 is 1. The van der Waals surface area contributed by atoms with E-state index in [2.05, 4.69) is 27.0 Å². The molecule has 1 fully saturated rings. The van der Waals surface area contributed by atoms with Crippen molar-refractivity contribution < 1.29 is 4.74 Å². The van der Waals surface area contributed by atoms with E-state index in [4.69, 9.17) is 14.7 Å². The normalized spacial score (nSPS) is 16.7. The molecule has 0 aliphatic heterocycles. The molecule has 3 heterocycles. The van der Waals surface area contributed by atoms with Crippen molar-refractivity contribution in [2.24, 2.45) is 7.05 Å². The first-order valence-corrected chi connectivity index (χ1v) is 12.2. The number of aryl methyl sites for hydroxylation is 3. The SMILES string of the molecule is COc1ccc(C(Nc2nc(C3CC3)nc3sc4c(c23)CCCC4)c2nccn2C)cc1. The van der Waals surface area contributed by atoms with Crippen LogP contribution in [0.3, 0.4) is 0 Å². The fraction of sp³-hybridized carbons (Fsp3) is 0.400. The molecule has 164 valence electrons. The average Bonchev–Trinajstić information content (AvgIpc) is 3.49. The van der Waals surface area contributed by atoms with Crippen molar-refractivity contribution in [3.05, 3.63) is 64.3 Å². The molecule has 0 radical (unpaired) electrons. The van der Waals surface area contributed by atoms with Crippen molar-refractivity contribution in [3.8, 4) is 5.75 Å². The summed E-state index contributed by atoms with van der Waals surface area (Å²) in [6, 6.07) is 8.10. The predicted octanol–water partition coefficient (Wildman–Crippen LogP) is 5.39. The van der Waals surface area contributed by atoms with Crippen LogP contribution in [0.4, 0.5) is 5.82 Å². The standard InChI is InChI=1S/C25H27N5OS/c1-30-14-13-26-24(30)21(15-9-11-17(31-2)12-10-15)27-23-20-18-5-3-4-6-19(18)32-25(20)29-22(28-23)16-7-8-16/h9-14,16,21H,3-8H2,1-2H3,(H,27,28,29). The number of nitrogens with zero attached hydrogens (tertiary/aromatic N) is 4. The van der Waals surface area contributed by atoms with Crippen LogP contribution in [0, 0.1) is 0 Å². The molecule has 1 N–H and O–H groups in total. The molecule has 4 aromatic rings. The lowest BCUT2D eigenvalue weighted by Crippen LogP contribution is -2.18. The molecular weight excluding hydrogens is 418 g/mol. The Kier molecular flexibility index (Phi) is 4.86. The molecule has 1 atom stereocenters. The summed E-state index contributed by atoms with van der Waals surface area (Å²) in [6.07, 6.45) is 11.0. The fourth-order valence-corrected chi connectivity index (χ4v) is 5.96. The number of rotatable bonds is 6. The predicted molar refractivity (Wildman–Crippen MR) is 128 cm³/mol. The van der Waals surface area contributed by atoms with E-state index in [0.29, 0.717) is 5.92 Å². The molecule has 2 aliphatic rings. The zero-order valence-corrected chi connectivity index (χ0v) is 19.3. The number of imidazole rings is 1. The highest BCUT2D eigenvalue weighted by Crippen LogP contribution is 2.44. The summed E-state index contributed by atoms with van der Waals surface area (Å²) in [5.74, 6) is 4.26. The van der Waals surface area contributed by atoms with Gasteiger partial charge in [0.05, 0.1) is 12.5 Å². The van der Waals surface area contributed by atoms with Gasteiger partial charge in [-0.3, -0.25) is 0 Å². The van der Waals surface area contributed by atoms with Crippen LogP contribution < -0.4 is 10.1 Å². The monoisotopic (exact) mass is 445 g/mol. The smallest absolute Gasteiger partial charge is 0.139 e. The molecule has 3 aromatic heterocycles. The van der Waals surface area contributed by atoms with Gasteiger partial charge < -0.3 is 14.6 Å². The summed E-state index contributed by atoms with van der Waals surface area (Å²) >= 11 is 1.87. The maximum absolute atomic E-state index is 5.38. The second-order valence-electron chi connectivity index (χ2n) is 8.84. The Bertz CT molecular complexity index is 1270. The maximum Gasteiger partial charge on any atom is 0.139 e. The van der Waals surface area contributed by atoms with Gasteiger partial charge in [-0.2, -0.15) is 0 Å². The molecule has 7 heteroatoms. The largest absolute Gasteiger partial charge is 0.497 e. The minimum Gasteiger partial charge on any atom is -0.497 e. The van der Waals surface area contributed by atoms with Crippen LogP contribution in [-0.2, 0) is 19.9 Å². The van der Waals surface area contributed by atoms with Gasteiger partial charge in [0.25, 0.3) is 0 Å². The Balaban J connectivity index is 1.49. The van der Waals surface area contributed by atoms with Crippen molar-refractivity contribution in [2.45, 2.75) is 50.5 Å². The summed E-state index contributed by atoms with van der Waals surface area (Å²) in [4.78, 5) is 17.4. The molecule has 6 rings (SSSR count). The molecule has 2 aliphatic carbocycles. The Hall–Kier alpha value is -2.93. The molecule has 1 unspecified atom stereocenters. The van der Waals surface area contributed by atoms with Gasteiger partial charge in [-0.15, -0.1) is 11.3 Å². The Morgan fingerprint density at radius 3 is 2.66 bits per heavy atom. The average molecular weight is 446 g/mol. The summed E-state index contributed by atoms with van der Waals surface area (Å²) in [5.41, 5.74) is 2.58. The quantitative estimate of drug-likeness (QED) is 0.431. The number of hydrogen-bond acceptors (Lipinski definition) is 6. The summed E-state index contributed by atoms with van der Waals surface area (Å²) in [5, 5.41) is 5.03. The van der Waals surface area contributed by atoms with Crippen LogP contribution in [0.25, 0.3) is 10.2 Å². The Morgan fingerprint density at radius 2 is 1.94 bits per heavy atom. The summed E-state index contributed by atoms with van der Waals surface area (Å²) in [6.45, 7) is 0. The fourth-order valence-electron chi connectivity index (χ4n) is 4.69. The molecule has 1 saturated carbocycles. The van der Waals surface area contributed by atoms with E-state index in [1.807, 2.05) is 42.9 Å². The first-order valence-electron chi connectivity index (χ1n) is 11.4. The molecule has 0 bridgehead atoms. The minimum absolute atomic E-state index is 0.120. The van der Waals surface area contributed by atoms with E-state index in [9.17, 15) is 0 Å². The van der Waals surface area contributed by atoms with Gasteiger partial charge in [0, 0.05) is 30.2 Å². The molecular formula is C25H27N5OS. The second-order valence-corrected chi connectivity index (χ2v) is 9.93. The van der Waals surface area contributed by atoms with Gasteiger partial charge in [-0.05, 0) is 61.8 Å². The van der Waals surface area contributed by atoms with Crippen LogP contribution in [0.15, 0.2) is 36.7 Å². The van der Waals surface area contributed by atoms with E-state index in [-0.39, 0.29) is 6.04 Å². The Morgan fingerprint density at radius 1 is 1.12 bits per heavy atom. The van der Waals surface area contributed by atoms with Gasteiger partial charge >= 0.3 is 0 Å². The van der Waals surface area contributed by atoms with Crippen molar-refractivity contribution in [1.29, 1.82) is 0 Å². The van der Waals surface area contributed by atoms with Crippen LogP contribution >= 0.6 is 11.3 Å². The number of ether oxygens (including phenoxy) is 1. The van der Waals surface area contributed by atoms with E-state index >= 15 is 0 Å². The van der Waals surface area contributed by atoms with Gasteiger partial charge in [0.2, 0.25) is 0 Å². The topological polar surface area (TPSA) is 64.9 Å². The second kappa shape index (κ2) is 7.89. The summed E-state index contributed by atoms with van der Waals surface area (Å²) in [7, 11) is 3.73. The van der Waals surface area contributed by atoms with E-state index in [1.165, 1.54) is 41.5 Å². The van der Waals surface area contributed by atoms with Gasteiger partial charge in [-0.1, -0.05) is 12.1 Å². The molecule has 0 saturated heterocycles. The van der Waals surface area contributed by atoms with E-state index in [0.717, 1.165) is 46.5 Å². The third kappa shape index (κ3) is 3.45. The number of hydrogen-bond donors (Lipinski definition) is 1. The number of fused-ring (bicyclic) bond motifs is 3. The number of benzene rings is 1. The van der Waals surface area contributed by atoms with Gasteiger partial charge in [0.1, 0.15) is 34.1 Å². The van der Waals surface area contributed by atoms with E-state index in [1.54, 1.807) is 7.11 Å². The first kappa shape index (κ1) is 19.7. The molecule has 1 aromatic carbocycles. The lowest BCUT2D eigenvalue weighted by molar-refractivity contribution is 0.414. The number of aromatic nitrogens is 4. The number of nitrogens with one attached hydrogen (secondary N) is 1. The van der Waals surface area contributed by atoms with Gasteiger partial charge in [-0.25, -0.2) is 15.0 Å². The van der Waals surface area contributed by atoms with Crippen molar-refractivity contribution in [3.63, 3.8) is 0 Å². The minimum atomic E-state index is -0.120. The van der Waals surface area contributed by atoms with Crippen LogP contribution in [-0.4, -0.2) is 26.6 Å². The lowest BCUT2D eigenvalue weighted by atomic mass is 9.96. The van der Waals surface area contributed by atoms with Gasteiger partial charge in [0.15, 0.2) is 0 Å². The molecule has 6 nitrogen and oxygen atoms in total. The first-order chi connectivity index (χ1) is 15.7. The highest BCUT2D eigenvalue weighted by Gasteiger charge is 2.30. The maximum atomic E-state index is 5.38. The third-order valence-corrected chi connectivity index (χ3v) is 7.81. The molecule has 0 amide bonds. The van der Waals surface area contributed by atoms with Crippen LogP contribution in [0.1, 0.15) is 65.3 Å². The van der Waals surface area contributed by atoms with Crippen molar-refractivity contribution >= 4 is 27.4 Å². The summed E-state index contributed by atoms with van der Waals surface area (Å²) < 4.78 is 7.45. The van der Waals surface area contributed by atoms with Crippen LogP contribution in [0.5, 0.6) is 5.75 Å². The third-order valence-electron chi connectivity index (χ3n) is 6.62.